The lowest BCUT2D eigenvalue weighted by molar-refractivity contribution is 0.100. The highest BCUT2D eigenvalue weighted by molar-refractivity contribution is 6.07. The first-order valence-electron chi connectivity index (χ1n) is 8.79. The summed E-state index contributed by atoms with van der Waals surface area (Å²) in [5.41, 5.74) is 11.4. The second-order valence-corrected chi connectivity index (χ2v) is 6.95. The number of fused-ring (bicyclic) bond motifs is 2. The van der Waals surface area contributed by atoms with Crippen LogP contribution in [0, 0.1) is 31.1 Å². The summed E-state index contributed by atoms with van der Waals surface area (Å²) in [5, 5.41) is 9.89. The number of carbonyl (C=O) groups is 1. The molecular formula is C21H19FN4O. The maximum Gasteiger partial charge on any atom is 0.250 e. The van der Waals surface area contributed by atoms with E-state index in [1.807, 2.05) is 36.6 Å². The van der Waals surface area contributed by atoms with Gasteiger partial charge in [-0.05, 0) is 55.2 Å². The monoisotopic (exact) mass is 362 g/mol. The van der Waals surface area contributed by atoms with Crippen molar-refractivity contribution in [3.05, 3.63) is 64.1 Å². The van der Waals surface area contributed by atoms with Crippen LogP contribution in [0.5, 0.6) is 0 Å². The van der Waals surface area contributed by atoms with Crippen molar-refractivity contribution >= 4 is 16.8 Å². The quantitative estimate of drug-likeness (QED) is 0.711. The number of hydrogen-bond donors (Lipinski definition) is 1. The number of benzene rings is 2. The molecule has 0 bridgehead atoms. The third kappa shape index (κ3) is 2.55. The summed E-state index contributed by atoms with van der Waals surface area (Å²) in [6.45, 7) is 5.09. The van der Waals surface area contributed by atoms with Gasteiger partial charge in [0.25, 0.3) is 5.91 Å². The van der Waals surface area contributed by atoms with Crippen LogP contribution in [-0.4, -0.2) is 21.9 Å². The van der Waals surface area contributed by atoms with Crippen LogP contribution >= 0.6 is 0 Å². The van der Waals surface area contributed by atoms with Gasteiger partial charge in [0.05, 0.1) is 17.6 Å². The van der Waals surface area contributed by atoms with E-state index in [1.54, 1.807) is 4.90 Å². The van der Waals surface area contributed by atoms with E-state index in [1.165, 1.54) is 12.1 Å². The molecule has 1 aliphatic heterocycles. The standard InChI is InChI=1S/C21H19FN4O/c1-12-13(2)26(20-17(12)8-15(22)9-18(20)21(24)27)19-5-3-4-14-10-25(11-23)7-6-16(14)19/h3-5,8-9H,6-7,10H2,1-2H3,(H2,24,27). The molecule has 0 saturated carbocycles. The Hall–Kier alpha value is -3.33. The topological polar surface area (TPSA) is 75.1 Å². The summed E-state index contributed by atoms with van der Waals surface area (Å²) in [6, 6.07) is 8.62. The Bertz CT molecular complexity index is 1140. The van der Waals surface area contributed by atoms with Gasteiger partial charge in [-0.25, -0.2) is 4.39 Å². The minimum absolute atomic E-state index is 0.174. The van der Waals surface area contributed by atoms with E-state index in [9.17, 15) is 14.4 Å². The van der Waals surface area contributed by atoms with Gasteiger partial charge in [0.15, 0.2) is 6.19 Å². The molecule has 2 aromatic carbocycles. The smallest absolute Gasteiger partial charge is 0.250 e. The van der Waals surface area contributed by atoms with Gasteiger partial charge in [0.2, 0.25) is 0 Å². The predicted octanol–water partition coefficient (Wildman–Crippen LogP) is 3.32. The lowest BCUT2D eigenvalue weighted by atomic mass is 9.97. The first-order chi connectivity index (χ1) is 12.9. The Morgan fingerprint density at radius 2 is 2.07 bits per heavy atom. The first-order valence-corrected chi connectivity index (χ1v) is 8.79. The van der Waals surface area contributed by atoms with E-state index >= 15 is 0 Å². The summed E-state index contributed by atoms with van der Waals surface area (Å²) in [5.74, 6) is -1.13. The highest BCUT2D eigenvalue weighted by Gasteiger charge is 2.24. The molecule has 3 aromatic rings. The van der Waals surface area contributed by atoms with Crippen molar-refractivity contribution in [3.8, 4) is 11.9 Å². The zero-order valence-electron chi connectivity index (χ0n) is 15.2. The first kappa shape index (κ1) is 17.1. The fraction of sp³-hybridized carbons (Fsp3) is 0.238. The zero-order chi connectivity index (χ0) is 19.3. The molecule has 0 aliphatic carbocycles. The maximum atomic E-state index is 14.1. The van der Waals surface area contributed by atoms with Crippen LogP contribution in [0.1, 0.15) is 32.7 Å². The number of hydrogen-bond acceptors (Lipinski definition) is 3. The number of amides is 1. The zero-order valence-corrected chi connectivity index (χ0v) is 15.2. The van der Waals surface area contributed by atoms with Crippen molar-refractivity contribution < 1.29 is 9.18 Å². The molecular weight excluding hydrogens is 343 g/mol. The minimum atomic E-state index is -0.654. The number of aromatic nitrogens is 1. The summed E-state index contributed by atoms with van der Waals surface area (Å²) in [6.07, 6.45) is 2.93. The highest BCUT2D eigenvalue weighted by Crippen LogP contribution is 2.35. The van der Waals surface area contributed by atoms with Crippen molar-refractivity contribution in [3.63, 3.8) is 0 Å². The number of rotatable bonds is 2. The molecule has 5 nitrogen and oxygen atoms in total. The maximum absolute atomic E-state index is 14.1. The molecule has 0 atom stereocenters. The molecule has 2 N–H and O–H groups in total. The van der Waals surface area contributed by atoms with Crippen LogP contribution in [0.4, 0.5) is 4.39 Å². The van der Waals surface area contributed by atoms with Crippen LogP contribution in [0.15, 0.2) is 30.3 Å². The van der Waals surface area contributed by atoms with Gasteiger partial charge in [0, 0.05) is 23.3 Å². The van der Waals surface area contributed by atoms with Gasteiger partial charge in [0.1, 0.15) is 5.82 Å². The largest absolute Gasteiger partial charge is 0.366 e. The fourth-order valence-corrected chi connectivity index (χ4v) is 4.03. The molecule has 136 valence electrons. The number of aryl methyl sites for hydroxylation is 1. The van der Waals surface area contributed by atoms with Crippen molar-refractivity contribution in [2.75, 3.05) is 6.54 Å². The van der Waals surface area contributed by atoms with Gasteiger partial charge in [-0.2, -0.15) is 5.26 Å². The fourth-order valence-electron chi connectivity index (χ4n) is 4.03. The second-order valence-electron chi connectivity index (χ2n) is 6.95. The van der Waals surface area contributed by atoms with Crippen molar-refractivity contribution in [2.24, 2.45) is 5.73 Å². The van der Waals surface area contributed by atoms with E-state index in [0.29, 0.717) is 24.0 Å². The lowest BCUT2D eigenvalue weighted by Gasteiger charge is -2.27. The summed E-state index contributed by atoms with van der Waals surface area (Å²) < 4.78 is 16.1. The second kappa shape index (κ2) is 6.13. The molecule has 1 aromatic heterocycles. The molecule has 27 heavy (non-hydrogen) atoms. The Morgan fingerprint density at radius 3 is 2.78 bits per heavy atom. The molecule has 0 spiro atoms. The molecule has 4 rings (SSSR count). The molecule has 0 unspecified atom stereocenters. The Balaban J connectivity index is 2.06. The highest BCUT2D eigenvalue weighted by atomic mass is 19.1. The number of nitrogens with two attached hydrogens (primary N) is 1. The Morgan fingerprint density at radius 1 is 1.30 bits per heavy atom. The Labute approximate surface area is 156 Å². The van der Waals surface area contributed by atoms with E-state index in [-0.39, 0.29) is 5.56 Å². The molecule has 1 aliphatic rings. The minimum Gasteiger partial charge on any atom is -0.366 e. The average Bonchev–Trinajstić information content (AvgIpc) is 2.91. The molecule has 0 radical (unpaired) electrons. The van der Waals surface area contributed by atoms with Crippen molar-refractivity contribution in [1.29, 1.82) is 5.26 Å². The van der Waals surface area contributed by atoms with Crippen LogP contribution < -0.4 is 5.73 Å². The predicted molar refractivity (Wildman–Crippen MR) is 101 cm³/mol. The van der Waals surface area contributed by atoms with Crippen LogP contribution in [0.2, 0.25) is 0 Å². The molecule has 0 fully saturated rings. The van der Waals surface area contributed by atoms with Crippen molar-refractivity contribution in [1.82, 2.24) is 9.47 Å². The number of nitrogens with zero attached hydrogens (tertiary/aromatic N) is 3. The van der Waals surface area contributed by atoms with E-state index in [0.717, 1.165) is 34.5 Å². The number of nitriles is 1. The van der Waals surface area contributed by atoms with Crippen LogP contribution in [-0.2, 0) is 13.0 Å². The Kier molecular flexibility index (Phi) is 3.88. The molecule has 6 heteroatoms. The van der Waals surface area contributed by atoms with E-state index < -0.39 is 11.7 Å². The SMILES string of the molecule is Cc1c(C)n(-c2cccc3c2CCN(C#N)C3)c2c(C(N)=O)cc(F)cc12. The van der Waals surface area contributed by atoms with E-state index in [2.05, 4.69) is 6.19 Å². The number of primary amides is 1. The summed E-state index contributed by atoms with van der Waals surface area (Å²) >= 11 is 0. The number of carbonyl (C=O) groups excluding carboxylic acids is 1. The normalized spacial score (nSPS) is 13.5. The van der Waals surface area contributed by atoms with Gasteiger partial charge in [-0.15, -0.1) is 0 Å². The van der Waals surface area contributed by atoms with Crippen LogP contribution in [0.25, 0.3) is 16.6 Å². The van der Waals surface area contributed by atoms with Gasteiger partial charge in [-0.3, -0.25) is 4.79 Å². The summed E-state index contributed by atoms with van der Waals surface area (Å²) in [4.78, 5) is 13.8. The average molecular weight is 362 g/mol. The molecule has 0 saturated heterocycles. The van der Waals surface area contributed by atoms with Crippen molar-refractivity contribution in [2.45, 2.75) is 26.8 Å². The molecule has 2 heterocycles. The van der Waals surface area contributed by atoms with Gasteiger partial charge < -0.3 is 15.2 Å². The van der Waals surface area contributed by atoms with E-state index in [4.69, 9.17) is 5.73 Å². The van der Waals surface area contributed by atoms with Gasteiger partial charge >= 0.3 is 0 Å². The third-order valence-corrected chi connectivity index (χ3v) is 5.47. The molecule has 1 amide bonds. The number of halogens is 1. The lowest BCUT2D eigenvalue weighted by Crippen LogP contribution is -2.27. The van der Waals surface area contributed by atoms with Gasteiger partial charge in [-0.1, -0.05) is 12.1 Å². The van der Waals surface area contributed by atoms with Crippen LogP contribution in [0.3, 0.4) is 0 Å². The summed E-state index contributed by atoms with van der Waals surface area (Å²) in [7, 11) is 0. The third-order valence-electron chi connectivity index (χ3n) is 5.47.